The molecule has 0 radical (unpaired) electrons. The molecule has 1 aromatic heterocycles. The minimum Gasteiger partial charge on any atom is -0.476 e. The fourth-order valence-electron chi connectivity index (χ4n) is 2.59. The molecule has 6 nitrogen and oxygen atoms in total. The van der Waals surface area contributed by atoms with Gasteiger partial charge in [-0.3, -0.25) is 4.98 Å². The fraction of sp³-hybridized carbons (Fsp3) is 0.706. The van der Waals surface area contributed by atoms with Crippen LogP contribution in [0.15, 0.2) is 12.4 Å². The van der Waals surface area contributed by atoms with Crippen LogP contribution < -0.4 is 4.74 Å². The molecule has 0 unspecified atom stereocenters. The normalized spacial score (nSPS) is 16.3. The number of carbonyl (C=O) groups is 1. The van der Waals surface area contributed by atoms with Crippen LogP contribution in [0, 0.1) is 12.8 Å². The van der Waals surface area contributed by atoms with Crippen LogP contribution in [0.2, 0.25) is 0 Å². The van der Waals surface area contributed by atoms with Gasteiger partial charge in [-0.05, 0) is 52.9 Å². The average Bonchev–Trinajstić information content (AvgIpc) is 2.48. The molecule has 0 saturated carbocycles. The molecule has 128 valence electrons. The van der Waals surface area contributed by atoms with Gasteiger partial charge in [0, 0.05) is 25.5 Å². The van der Waals surface area contributed by atoms with E-state index in [-0.39, 0.29) is 6.09 Å². The van der Waals surface area contributed by atoms with Gasteiger partial charge in [-0.2, -0.15) is 0 Å². The van der Waals surface area contributed by atoms with E-state index in [1.54, 1.807) is 17.3 Å². The lowest BCUT2D eigenvalue weighted by molar-refractivity contribution is 0.0177. The molecule has 1 aliphatic rings. The number of aromatic nitrogens is 2. The Kier molecular flexibility index (Phi) is 5.80. The molecule has 1 amide bonds. The number of nitrogens with zero attached hydrogens (tertiary/aromatic N) is 3. The second-order valence-corrected chi connectivity index (χ2v) is 6.99. The standard InChI is InChI=1S/C17H27N3O3/c1-13-15(19-9-8-18-13)22-12-7-14-5-10-20(11-6-14)16(21)23-17(2,3)4/h8-9,14H,5-7,10-12H2,1-4H3. The second kappa shape index (κ2) is 7.62. The Morgan fingerprint density at radius 3 is 2.52 bits per heavy atom. The van der Waals surface area contributed by atoms with Crippen LogP contribution in [0.3, 0.4) is 0 Å². The molecule has 0 bridgehead atoms. The first-order chi connectivity index (χ1) is 10.8. The number of amides is 1. The highest BCUT2D eigenvalue weighted by Crippen LogP contribution is 2.22. The third kappa shape index (κ3) is 5.69. The van der Waals surface area contributed by atoms with Crippen LogP contribution in [0.25, 0.3) is 0 Å². The van der Waals surface area contributed by atoms with E-state index in [4.69, 9.17) is 9.47 Å². The van der Waals surface area contributed by atoms with E-state index in [1.165, 1.54) is 0 Å². The quantitative estimate of drug-likeness (QED) is 0.852. The van der Waals surface area contributed by atoms with Crippen molar-refractivity contribution in [2.45, 2.75) is 52.6 Å². The molecule has 1 aromatic rings. The summed E-state index contributed by atoms with van der Waals surface area (Å²) in [4.78, 5) is 22.2. The van der Waals surface area contributed by atoms with Gasteiger partial charge >= 0.3 is 6.09 Å². The zero-order valence-electron chi connectivity index (χ0n) is 14.5. The molecule has 0 spiro atoms. The van der Waals surface area contributed by atoms with Crippen LogP contribution >= 0.6 is 0 Å². The Bertz CT molecular complexity index is 520. The molecule has 6 heteroatoms. The maximum Gasteiger partial charge on any atom is 0.410 e. The molecule has 2 rings (SSSR count). The van der Waals surface area contributed by atoms with E-state index in [1.807, 2.05) is 27.7 Å². The summed E-state index contributed by atoms with van der Waals surface area (Å²) in [6.07, 6.45) is 6.04. The highest BCUT2D eigenvalue weighted by atomic mass is 16.6. The molecule has 23 heavy (non-hydrogen) atoms. The van der Waals surface area contributed by atoms with E-state index < -0.39 is 5.60 Å². The summed E-state index contributed by atoms with van der Waals surface area (Å²) in [6, 6.07) is 0. The average molecular weight is 321 g/mol. The first-order valence-electron chi connectivity index (χ1n) is 8.23. The zero-order valence-corrected chi connectivity index (χ0v) is 14.5. The number of hydrogen-bond acceptors (Lipinski definition) is 5. The molecule has 1 saturated heterocycles. The van der Waals surface area contributed by atoms with E-state index in [9.17, 15) is 4.79 Å². The predicted molar refractivity (Wildman–Crippen MR) is 87.4 cm³/mol. The molecule has 0 N–H and O–H groups in total. The van der Waals surface area contributed by atoms with Gasteiger partial charge in [0.2, 0.25) is 5.88 Å². The summed E-state index contributed by atoms with van der Waals surface area (Å²) >= 11 is 0. The summed E-state index contributed by atoms with van der Waals surface area (Å²) in [5, 5.41) is 0. The van der Waals surface area contributed by atoms with Crippen LogP contribution in [-0.4, -0.2) is 46.3 Å². The molecule has 2 heterocycles. The summed E-state index contributed by atoms with van der Waals surface area (Å²) in [5.74, 6) is 1.18. The monoisotopic (exact) mass is 321 g/mol. The summed E-state index contributed by atoms with van der Waals surface area (Å²) in [5.41, 5.74) is 0.378. The summed E-state index contributed by atoms with van der Waals surface area (Å²) < 4.78 is 11.1. The predicted octanol–water partition coefficient (Wildman–Crippen LogP) is 3.20. The van der Waals surface area contributed by atoms with Crippen molar-refractivity contribution >= 4 is 6.09 Å². The van der Waals surface area contributed by atoms with Gasteiger partial charge in [-0.15, -0.1) is 0 Å². The van der Waals surface area contributed by atoms with Crippen molar-refractivity contribution in [2.75, 3.05) is 19.7 Å². The lowest BCUT2D eigenvalue weighted by Crippen LogP contribution is -2.41. The number of likely N-dealkylation sites (tertiary alicyclic amines) is 1. The number of piperidine rings is 1. The van der Waals surface area contributed by atoms with E-state index >= 15 is 0 Å². The highest BCUT2D eigenvalue weighted by molar-refractivity contribution is 5.68. The highest BCUT2D eigenvalue weighted by Gasteiger charge is 2.26. The van der Waals surface area contributed by atoms with Crippen molar-refractivity contribution in [3.8, 4) is 5.88 Å². The van der Waals surface area contributed by atoms with Crippen molar-refractivity contribution in [2.24, 2.45) is 5.92 Å². The Morgan fingerprint density at radius 2 is 1.91 bits per heavy atom. The molecule has 0 atom stereocenters. The Labute approximate surface area is 138 Å². The summed E-state index contributed by atoms with van der Waals surface area (Å²) in [7, 11) is 0. The second-order valence-electron chi connectivity index (χ2n) is 6.99. The van der Waals surface area contributed by atoms with Crippen molar-refractivity contribution < 1.29 is 14.3 Å². The third-order valence-corrected chi connectivity index (χ3v) is 3.87. The largest absolute Gasteiger partial charge is 0.476 e. The molecule has 0 aliphatic carbocycles. The van der Waals surface area contributed by atoms with Crippen molar-refractivity contribution in [1.29, 1.82) is 0 Å². The first kappa shape index (κ1) is 17.5. The van der Waals surface area contributed by atoms with Gasteiger partial charge in [-0.1, -0.05) is 0 Å². The van der Waals surface area contributed by atoms with E-state index in [2.05, 4.69) is 9.97 Å². The Morgan fingerprint density at radius 1 is 1.26 bits per heavy atom. The summed E-state index contributed by atoms with van der Waals surface area (Å²) in [6.45, 7) is 9.71. The van der Waals surface area contributed by atoms with Crippen molar-refractivity contribution in [3.63, 3.8) is 0 Å². The minimum atomic E-state index is -0.434. The number of hydrogen-bond donors (Lipinski definition) is 0. The van der Waals surface area contributed by atoms with Gasteiger partial charge in [0.25, 0.3) is 0 Å². The topological polar surface area (TPSA) is 64.6 Å². The lowest BCUT2D eigenvalue weighted by Gasteiger charge is -2.33. The van der Waals surface area contributed by atoms with Crippen LogP contribution in [0.1, 0.15) is 45.7 Å². The Hall–Kier alpha value is -1.85. The van der Waals surface area contributed by atoms with Gasteiger partial charge in [-0.25, -0.2) is 9.78 Å². The first-order valence-corrected chi connectivity index (χ1v) is 8.23. The van der Waals surface area contributed by atoms with Gasteiger partial charge in [0.15, 0.2) is 0 Å². The Balaban J connectivity index is 1.69. The van der Waals surface area contributed by atoms with Crippen LogP contribution in [-0.2, 0) is 4.74 Å². The minimum absolute atomic E-state index is 0.206. The maximum atomic E-state index is 12.0. The number of ether oxygens (including phenoxy) is 2. The smallest absolute Gasteiger partial charge is 0.410 e. The van der Waals surface area contributed by atoms with E-state index in [0.29, 0.717) is 18.4 Å². The molecule has 1 fully saturated rings. The number of carbonyl (C=O) groups excluding carboxylic acids is 1. The molecule has 1 aliphatic heterocycles. The van der Waals surface area contributed by atoms with Crippen LogP contribution in [0.4, 0.5) is 4.79 Å². The lowest BCUT2D eigenvalue weighted by atomic mass is 9.94. The zero-order chi connectivity index (χ0) is 16.9. The van der Waals surface area contributed by atoms with Gasteiger partial charge in [0.05, 0.1) is 12.3 Å². The van der Waals surface area contributed by atoms with E-state index in [0.717, 1.165) is 38.0 Å². The van der Waals surface area contributed by atoms with Gasteiger partial charge < -0.3 is 14.4 Å². The number of aryl methyl sites for hydroxylation is 1. The third-order valence-electron chi connectivity index (χ3n) is 3.87. The number of rotatable bonds is 4. The SMILES string of the molecule is Cc1nccnc1OCCC1CCN(C(=O)OC(C)(C)C)CC1. The van der Waals surface area contributed by atoms with Crippen molar-refractivity contribution in [1.82, 2.24) is 14.9 Å². The molecular formula is C17H27N3O3. The maximum absolute atomic E-state index is 12.0. The van der Waals surface area contributed by atoms with Crippen LogP contribution in [0.5, 0.6) is 5.88 Å². The van der Waals surface area contributed by atoms with Crippen molar-refractivity contribution in [3.05, 3.63) is 18.1 Å². The molecule has 0 aromatic carbocycles. The molecular weight excluding hydrogens is 294 g/mol. The fourth-order valence-corrected chi connectivity index (χ4v) is 2.59. The van der Waals surface area contributed by atoms with Gasteiger partial charge in [0.1, 0.15) is 5.60 Å².